The highest BCUT2D eigenvalue weighted by molar-refractivity contribution is 5.77. The molecule has 25 heavy (non-hydrogen) atoms. The predicted octanol–water partition coefficient (Wildman–Crippen LogP) is -0.168. The van der Waals surface area contributed by atoms with Crippen LogP contribution < -0.4 is 11.6 Å². The zero-order valence-corrected chi connectivity index (χ0v) is 13.6. The van der Waals surface area contributed by atoms with Gasteiger partial charge >= 0.3 is 17.8 Å². The highest BCUT2D eigenvalue weighted by Crippen LogP contribution is 2.08. The van der Waals surface area contributed by atoms with Crippen LogP contribution in [0.2, 0.25) is 0 Å². The summed E-state index contributed by atoms with van der Waals surface area (Å²) in [7, 11) is 0. The van der Waals surface area contributed by atoms with E-state index < -0.39 is 35.0 Å². The number of carbonyl (C=O) groups is 2. The molecule has 2 unspecified atom stereocenters. The molecule has 0 aliphatic rings. The summed E-state index contributed by atoms with van der Waals surface area (Å²) in [4.78, 5) is 48.2. The molecule has 0 spiro atoms. The van der Waals surface area contributed by atoms with Gasteiger partial charge in [-0.25, -0.2) is 4.79 Å². The van der Waals surface area contributed by atoms with E-state index in [0.717, 1.165) is 0 Å². The monoisotopic (exact) mass is 362 g/mol. The first-order chi connectivity index (χ1) is 11.7. The standard InChI is InChI=1S/C13H18N2O10/c1-7-9(25-13(18)24-7)6-21-12(17)11(14)8(2)23-10(16)4-3-5-22-15(19)20/h8,11H,3-6,14H2,1-2H3. The Morgan fingerprint density at radius 2 is 2.04 bits per heavy atom. The summed E-state index contributed by atoms with van der Waals surface area (Å²) >= 11 is 0. The number of hydrogen-bond acceptors (Lipinski definition) is 11. The topological polar surface area (TPSA) is 174 Å². The Hall–Kier alpha value is -2.89. The molecule has 12 heteroatoms. The molecule has 0 aliphatic carbocycles. The van der Waals surface area contributed by atoms with Crippen molar-refractivity contribution in [3.63, 3.8) is 0 Å². The predicted molar refractivity (Wildman–Crippen MR) is 77.5 cm³/mol. The fraction of sp³-hybridized carbons (Fsp3) is 0.615. The molecule has 0 bridgehead atoms. The average molecular weight is 362 g/mol. The minimum Gasteiger partial charge on any atom is -0.460 e. The fourth-order valence-corrected chi connectivity index (χ4v) is 1.63. The molecule has 1 rings (SSSR count). The number of ether oxygens (including phenoxy) is 2. The summed E-state index contributed by atoms with van der Waals surface area (Å²) in [6.45, 7) is 2.24. The zero-order chi connectivity index (χ0) is 19.0. The molecule has 12 nitrogen and oxygen atoms in total. The molecule has 1 aromatic rings. The molecule has 0 aliphatic heterocycles. The second-order valence-electron chi connectivity index (χ2n) is 4.92. The minimum atomic E-state index is -1.27. The van der Waals surface area contributed by atoms with Crippen LogP contribution in [-0.2, 0) is 30.5 Å². The summed E-state index contributed by atoms with van der Waals surface area (Å²) in [6, 6.07) is -1.27. The largest absolute Gasteiger partial charge is 0.519 e. The van der Waals surface area contributed by atoms with Gasteiger partial charge in [-0.1, -0.05) is 0 Å². The summed E-state index contributed by atoms with van der Waals surface area (Å²) in [5.74, 6) is -2.28. The van der Waals surface area contributed by atoms with E-state index in [-0.39, 0.29) is 37.6 Å². The first-order valence-electron chi connectivity index (χ1n) is 7.19. The summed E-state index contributed by atoms with van der Waals surface area (Å²) in [6.07, 6.45) is -1.06. The lowest BCUT2D eigenvalue weighted by atomic mass is 10.2. The van der Waals surface area contributed by atoms with E-state index in [1.807, 2.05) is 0 Å². The highest BCUT2D eigenvalue weighted by atomic mass is 16.9. The highest BCUT2D eigenvalue weighted by Gasteiger charge is 2.26. The van der Waals surface area contributed by atoms with Gasteiger partial charge in [0.1, 0.15) is 12.1 Å². The van der Waals surface area contributed by atoms with Crippen molar-refractivity contribution in [1.82, 2.24) is 0 Å². The van der Waals surface area contributed by atoms with Gasteiger partial charge in [0.2, 0.25) is 0 Å². The fourth-order valence-electron chi connectivity index (χ4n) is 1.63. The lowest BCUT2D eigenvalue weighted by Gasteiger charge is -2.18. The van der Waals surface area contributed by atoms with Crippen LogP contribution in [0.25, 0.3) is 0 Å². The second kappa shape index (κ2) is 9.42. The summed E-state index contributed by atoms with van der Waals surface area (Å²) in [5.41, 5.74) is 5.63. The van der Waals surface area contributed by atoms with Gasteiger partial charge in [0, 0.05) is 6.42 Å². The van der Waals surface area contributed by atoms with Crippen molar-refractivity contribution in [1.29, 1.82) is 0 Å². The van der Waals surface area contributed by atoms with E-state index in [0.29, 0.717) is 0 Å². The van der Waals surface area contributed by atoms with Crippen LogP contribution >= 0.6 is 0 Å². The number of esters is 2. The molecule has 140 valence electrons. The lowest BCUT2D eigenvalue weighted by Crippen LogP contribution is -2.43. The van der Waals surface area contributed by atoms with Gasteiger partial charge in [-0.3, -0.25) is 9.59 Å². The molecule has 1 aromatic heterocycles. The quantitative estimate of drug-likeness (QED) is 0.253. The number of nitrogens with two attached hydrogens (primary N) is 1. The van der Waals surface area contributed by atoms with Gasteiger partial charge in [-0.15, -0.1) is 10.1 Å². The van der Waals surface area contributed by atoms with E-state index in [9.17, 15) is 24.5 Å². The Labute approximate surface area is 140 Å². The van der Waals surface area contributed by atoms with Crippen molar-refractivity contribution in [2.45, 2.75) is 45.4 Å². The second-order valence-corrected chi connectivity index (χ2v) is 4.92. The molecule has 0 aromatic carbocycles. The van der Waals surface area contributed by atoms with Crippen LogP contribution in [0, 0.1) is 17.0 Å². The third kappa shape index (κ3) is 7.03. The van der Waals surface area contributed by atoms with Crippen LogP contribution in [0.4, 0.5) is 0 Å². The maximum atomic E-state index is 11.8. The van der Waals surface area contributed by atoms with Crippen LogP contribution in [0.15, 0.2) is 13.6 Å². The number of aryl methyl sites for hydroxylation is 1. The number of carbonyl (C=O) groups excluding carboxylic acids is 2. The van der Waals surface area contributed by atoms with Crippen LogP contribution in [0.1, 0.15) is 31.3 Å². The van der Waals surface area contributed by atoms with Gasteiger partial charge in [-0.2, -0.15) is 0 Å². The van der Waals surface area contributed by atoms with Crippen molar-refractivity contribution in [2.24, 2.45) is 5.73 Å². The lowest BCUT2D eigenvalue weighted by molar-refractivity contribution is -0.757. The van der Waals surface area contributed by atoms with Crippen molar-refractivity contribution in [3.8, 4) is 0 Å². The molecular formula is C13H18N2O10. The van der Waals surface area contributed by atoms with Crippen LogP contribution in [0.5, 0.6) is 0 Å². The van der Waals surface area contributed by atoms with Crippen LogP contribution in [0.3, 0.4) is 0 Å². The average Bonchev–Trinajstić information content (AvgIpc) is 2.85. The van der Waals surface area contributed by atoms with Crippen molar-refractivity contribution in [3.05, 3.63) is 32.3 Å². The first-order valence-corrected chi connectivity index (χ1v) is 7.19. The Bertz CT molecular complexity index is 664. The first kappa shape index (κ1) is 20.2. The Morgan fingerprint density at radius 1 is 1.36 bits per heavy atom. The summed E-state index contributed by atoms with van der Waals surface area (Å²) in [5, 5.41) is 8.97. The SMILES string of the molecule is Cc1oc(=O)oc1COC(=O)C(N)C(C)OC(=O)CCCO[N+](=O)[O-]. The third-order valence-electron chi connectivity index (χ3n) is 3.00. The molecule has 0 saturated heterocycles. The van der Waals surface area contributed by atoms with Gasteiger partial charge < -0.3 is 28.9 Å². The molecular weight excluding hydrogens is 344 g/mol. The van der Waals surface area contributed by atoms with E-state index in [4.69, 9.17) is 15.2 Å². The zero-order valence-electron chi connectivity index (χ0n) is 13.6. The van der Waals surface area contributed by atoms with Gasteiger partial charge in [0.05, 0.1) is 6.61 Å². The van der Waals surface area contributed by atoms with Gasteiger partial charge in [-0.05, 0) is 20.3 Å². The Balaban J connectivity index is 2.36. The Morgan fingerprint density at radius 3 is 2.60 bits per heavy atom. The van der Waals surface area contributed by atoms with E-state index in [1.54, 1.807) is 0 Å². The van der Waals surface area contributed by atoms with E-state index in [1.165, 1.54) is 13.8 Å². The van der Waals surface area contributed by atoms with Gasteiger partial charge in [0.15, 0.2) is 18.1 Å². The minimum absolute atomic E-state index is 0.0426. The molecule has 2 N–H and O–H groups in total. The van der Waals surface area contributed by atoms with E-state index >= 15 is 0 Å². The third-order valence-corrected chi connectivity index (χ3v) is 3.00. The van der Waals surface area contributed by atoms with Crippen molar-refractivity contribution in [2.75, 3.05) is 6.61 Å². The Kier molecular flexibility index (Phi) is 7.59. The molecule has 0 amide bonds. The number of hydrogen-bond donors (Lipinski definition) is 1. The molecule has 2 atom stereocenters. The molecule has 0 saturated carbocycles. The molecule has 1 heterocycles. The van der Waals surface area contributed by atoms with Crippen LogP contribution in [-0.4, -0.2) is 35.8 Å². The summed E-state index contributed by atoms with van der Waals surface area (Å²) < 4.78 is 19.1. The van der Waals surface area contributed by atoms with Crippen molar-refractivity contribution < 1.29 is 37.8 Å². The molecule has 0 radical (unpaired) electrons. The maximum absolute atomic E-state index is 11.8. The van der Waals surface area contributed by atoms with E-state index in [2.05, 4.69) is 13.7 Å². The van der Waals surface area contributed by atoms with Gasteiger partial charge in [0.25, 0.3) is 5.09 Å². The smallest absolute Gasteiger partial charge is 0.460 e. The number of rotatable bonds is 10. The molecule has 0 fully saturated rings. The normalized spacial score (nSPS) is 12.9. The number of nitrogens with zero attached hydrogens (tertiary/aromatic N) is 1. The maximum Gasteiger partial charge on any atom is 0.519 e. The van der Waals surface area contributed by atoms with Crippen molar-refractivity contribution >= 4 is 11.9 Å².